The van der Waals surface area contributed by atoms with Gasteiger partial charge in [-0.2, -0.15) is 4.37 Å². The molecule has 1 atom stereocenters. The van der Waals surface area contributed by atoms with Gasteiger partial charge in [0, 0.05) is 50.7 Å². The Balaban J connectivity index is 1.61. The van der Waals surface area contributed by atoms with Crippen LogP contribution >= 0.6 is 11.5 Å². The maximum absolute atomic E-state index is 12.0. The number of amides is 1. The smallest absolute Gasteiger partial charge is 0.248 e. The van der Waals surface area contributed by atoms with Gasteiger partial charge in [-0.05, 0) is 12.5 Å². The predicted octanol–water partition coefficient (Wildman–Crippen LogP) is 1.81. The normalized spacial score (nSPS) is 18.0. The number of benzene rings is 1. The molecule has 0 N–H and O–H groups in total. The SMILES string of the molecule is COCC(=O)N1CCN(c2nc(Cc3ccccc3)ns2)C[C@@H]1C. The van der Waals surface area contributed by atoms with E-state index in [4.69, 9.17) is 4.74 Å². The van der Waals surface area contributed by atoms with Crippen molar-refractivity contribution in [3.05, 3.63) is 41.7 Å². The highest BCUT2D eigenvalue weighted by molar-refractivity contribution is 7.09. The van der Waals surface area contributed by atoms with Crippen molar-refractivity contribution >= 4 is 22.6 Å². The van der Waals surface area contributed by atoms with E-state index in [-0.39, 0.29) is 18.6 Å². The van der Waals surface area contributed by atoms with Crippen LogP contribution < -0.4 is 4.90 Å². The van der Waals surface area contributed by atoms with Crippen molar-refractivity contribution in [2.24, 2.45) is 0 Å². The van der Waals surface area contributed by atoms with Gasteiger partial charge in [0.2, 0.25) is 11.0 Å². The minimum absolute atomic E-state index is 0.0479. The second-order valence-electron chi connectivity index (χ2n) is 5.97. The van der Waals surface area contributed by atoms with E-state index in [9.17, 15) is 4.79 Å². The number of ether oxygens (including phenoxy) is 1. The zero-order chi connectivity index (χ0) is 16.9. The molecule has 0 unspecified atom stereocenters. The zero-order valence-electron chi connectivity index (χ0n) is 14.0. The molecule has 2 aromatic rings. The van der Waals surface area contributed by atoms with Gasteiger partial charge in [0.25, 0.3) is 0 Å². The molecule has 0 bridgehead atoms. The molecular weight excluding hydrogens is 324 g/mol. The van der Waals surface area contributed by atoms with Crippen LogP contribution in [0.5, 0.6) is 0 Å². The molecule has 7 heteroatoms. The minimum Gasteiger partial charge on any atom is -0.375 e. The standard InChI is InChI=1S/C17H22N4O2S/c1-13-11-20(8-9-21(13)16(22)12-23-2)17-18-15(19-24-17)10-14-6-4-3-5-7-14/h3-7,13H,8-12H2,1-2H3/t13-/m0/s1. The molecular formula is C17H22N4O2S. The van der Waals surface area contributed by atoms with Crippen LogP contribution in [0.4, 0.5) is 5.13 Å². The van der Waals surface area contributed by atoms with Gasteiger partial charge in [0.05, 0.1) is 0 Å². The van der Waals surface area contributed by atoms with Gasteiger partial charge < -0.3 is 14.5 Å². The summed E-state index contributed by atoms with van der Waals surface area (Å²) in [7, 11) is 1.55. The summed E-state index contributed by atoms with van der Waals surface area (Å²) < 4.78 is 9.44. The van der Waals surface area contributed by atoms with Gasteiger partial charge in [0.15, 0.2) is 0 Å². The van der Waals surface area contributed by atoms with Crippen molar-refractivity contribution in [2.45, 2.75) is 19.4 Å². The van der Waals surface area contributed by atoms with Crippen molar-refractivity contribution in [3.63, 3.8) is 0 Å². The van der Waals surface area contributed by atoms with Gasteiger partial charge in [0.1, 0.15) is 12.4 Å². The number of hydrogen-bond donors (Lipinski definition) is 0. The zero-order valence-corrected chi connectivity index (χ0v) is 14.8. The summed E-state index contributed by atoms with van der Waals surface area (Å²) in [6, 6.07) is 10.4. The molecule has 1 aliphatic rings. The van der Waals surface area contributed by atoms with Crippen LogP contribution in [0.15, 0.2) is 30.3 Å². The Hall–Kier alpha value is -1.99. The summed E-state index contributed by atoms with van der Waals surface area (Å²) in [6.07, 6.45) is 0.749. The molecule has 1 amide bonds. The first-order valence-electron chi connectivity index (χ1n) is 8.07. The molecule has 1 saturated heterocycles. The van der Waals surface area contributed by atoms with Crippen LogP contribution in [0.1, 0.15) is 18.3 Å². The number of nitrogens with zero attached hydrogens (tertiary/aromatic N) is 4. The van der Waals surface area contributed by atoms with Crippen molar-refractivity contribution in [3.8, 4) is 0 Å². The number of piperazine rings is 1. The monoisotopic (exact) mass is 346 g/mol. The molecule has 0 aliphatic carbocycles. The molecule has 1 aromatic carbocycles. The molecule has 1 aromatic heterocycles. The fourth-order valence-corrected chi connectivity index (χ4v) is 3.65. The van der Waals surface area contributed by atoms with Crippen molar-refractivity contribution in [1.29, 1.82) is 0 Å². The number of rotatable bonds is 5. The number of methoxy groups -OCH3 is 1. The van der Waals surface area contributed by atoms with Crippen molar-refractivity contribution < 1.29 is 9.53 Å². The van der Waals surface area contributed by atoms with Crippen LogP contribution in [0.2, 0.25) is 0 Å². The van der Waals surface area contributed by atoms with Gasteiger partial charge in [-0.1, -0.05) is 30.3 Å². The van der Waals surface area contributed by atoms with E-state index in [2.05, 4.69) is 33.3 Å². The van der Waals surface area contributed by atoms with Crippen LogP contribution in [0.3, 0.4) is 0 Å². The molecule has 3 rings (SSSR count). The summed E-state index contributed by atoms with van der Waals surface area (Å²) in [6.45, 7) is 4.45. The largest absolute Gasteiger partial charge is 0.375 e. The molecule has 1 aliphatic heterocycles. The molecule has 6 nitrogen and oxygen atoms in total. The van der Waals surface area contributed by atoms with Gasteiger partial charge in [-0.3, -0.25) is 4.79 Å². The Morgan fingerprint density at radius 1 is 1.33 bits per heavy atom. The number of carbonyl (C=O) groups excluding carboxylic acids is 1. The van der Waals surface area contributed by atoms with Crippen LogP contribution in [0.25, 0.3) is 0 Å². The molecule has 0 spiro atoms. The quantitative estimate of drug-likeness (QED) is 0.826. The second-order valence-corrected chi connectivity index (χ2v) is 6.70. The Kier molecular flexibility index (Phi) is 5.42. The summed E-state index contributed by atoms with van der Waals surface area (Å²) >= 11 is 1.43. The first-order valence-corrected chi connectivity index (χ1v) is 8.84. The summed E-state index contributed by atoms with van der Waals surface area (Å²) in [4.78, 5) is 20.8. The lowest BCUT2D eigenvalue weighted by molar-refractivity contribution is -0.137. The maximum Gasteiger partial charge on any atom is 0.248 e. The van der Waals surface area contributed by atoms with Gasteiger partial charge in [-0.15, -0.1) is 0 Å². The molecule has 0 saturated carbocycles. The lowest BCUT2D eigenvalue weighted by Gasteiger charge is -2.39. The van der Waals surface area contributed by atoms with E-state index in [1.807, 2.05) is 23.1 Å². The van der Waals surface area contributed by atoms with Gasteiger partial charge in [-0.25, -0.2) is 4.98 Å². The fourth-order valence-electron chi connectivity index (χ4n) is 2.93. The number of anilines is 1. The lowest BCUT2D eigenvalue weighted by Crippen LogP contribution is -2.54. The Morgan fingerprint density at radius 2 is 2.12 bits per heavy atom. The maximum atomic E-state index is 12.0. The highest BCUT2D eigenvalue weighted by atomic mass is 32.1. The number of hydrogen-bond acceptors (Lipinski definition) is 6. The molecule has 1 fully saturated rings. The Morgan fingerprint density at radius 3 is 2.83 bits per heavy atom. The average Bonchev–Trinajstić information content (AvgIpc) is 3.04. The molecule has 2 heterocycles. The third kappa shape index (κ3) is 3.91. The van der Waals surface area contributed by atoms with E-state index < -0.39 is 0 Å². The Bertz CT molecular complexity index is 676. The summed E-state index contributed by atoms with van der Waals surface area (Å²) in [5.74, 6) is 0.901. The highest BCUT2D eigenvalue weighted by Gasteiger charge is 2.28. The van der Waals surface area contributed by atoms with Crippen LogP contribution in [0, 0.1) is 0 Å². The summed E-state index contributed by atoms with van der Waals surface area (Å²) in [5.41, 5.74) is 1.21. The van der Waals surface area contributed by atoms with Crippen LogP contribution in [-0.4, -0.2) is 59.6 Å². The Labute approximate surface area is 146 Å². The highest BCUT2D eigenvalue weighted by Crippen LogP contribution is 2.22. The molecule has 0 radical (unpaired) electrons. The first-order chi connectivity index (χ1) is 11.7. The predicted molar refractivity (Wildman–Crippen MR) is 94.4 cm³/mol. The van der Waals surface area contributed by atoms with E-state index in [1.165, 1.54) is 17.1 Å². The van der Waals surface area contributed by atoms with Gasteiger partial charge >= 0.3 is 0 Å². The lowest BCUT2D eigenvalue weighted by atomic mass is 10.1. The summed E-state index contributed by atoms with van der Waals surface area (Å²) in [5, 5.41) is 0.937. The van der Waals surface area contributed by atoms with E-state index in [0.29, 0.717) is 6.54 Å². The van der Waals surface area contributed by atoms with Crippen LogP contribution in [-0.2, 0) is 16.0 Å². The molecule has 24 heavy (non-hydrogen) atoms. The average molecular weight is 346 g/mol. The van der Waals surface area contributed by atoms with Crippen molar-refractivity contribution in [1.82, 2.24) is 14.3 Å². The third-order valence-electron chi connectivity index (χ3n) is 4.15. The molecule has 128 valence electrons. The van der Waals surface area contributed by atoms with E-state index in [1.54, 1.807) is 7.11 Å². The first kappa shape index (κ1) is 16.9. The van der Waals surface area contributed by atoms with Crippen molar-refractivity contribution in [2.75, 3.05) is 38.3 Å². The second kappa shape index (κ2) is 7.72. The van der Waals surface area contributed by atoms with E-state index >= 15 is 0 Å². The fraction of sp³-hybridized carbons (Fsp3) is 0.471. The third-order valence-corrected chi connectivity index (χ3v) is 4.96. The topological polar surface area (TPSA) is 58.6 Å². The minimum atomic E-state index is 0.0479. The number of carbonyl (C=O) groups is 1. The van der Waals surface area contributed by atoms with E-state index in [0.717, 1.165) is 30.5 Å². The number of aromatic nitrogens is 2.